The Labute approximate surface area is 148 Å². The number of nitrogens with one attached hydrogen (secondary N) is 2. The number of aliphatic hydroxyl groups is 1. The summed E-state index contributed by atoms with van der Waals surface area (Å²) in [5.41, 5.74) is 3.75. The monoisotopic (exact) mass is 348 g/mol. The molecule has 1 aromatic heterocycles. The number of amides is 1. The van der Waals surface area contributed by atoms with Crippen molar-refractivity contribution in [3.8, 4) is 0 Å². The molecule has 0 bridgehead atoms. The predicted molar refractivity (Wildman–Crippen MR) is 95.4 cm³/mol. The topological polar surface area (TPSA) is 91.4 Å². The van der Waals surface area contributed by atoms with E-state index in [1.54, 1.807) is 20.8 Å². The van der Waals surface area contributed by atoms with Crippen molar-refractivity contribution in [1.82, 2.24) is 10.3 Å². The molecule has 3 N–H and O–H groups in total. The number of rotatable bonds is 7. The van der Waals surface area contributed by atoms with Crippen LogP contribution in [0.4, 0.5) is 0 Å². The second kappa shape index (κ2) is 8.85. The van der Waals surface area contributed by atoms with E-state index < -0.39 is 12.1 Å². The molecule has 0 radical (unpaired) electrons. The van der Waals surface area contributed by atoms with Gasteiger partial charge in [0.15, 0.2) is 6.61 Å². The van der Waals surface area contributed by atoms with Crippen molar-refractivity contribution in [2.24, 2.45) is 0 Å². The van der Waals surface area contributed by atoms with Gasteiger partial charge in [-0.3, -0.25) is 4.79 Å². The lowest BCUT2D eigenvalue weighted by molar-refractivity contribution is -0.124. The Kier molecular flexibility index (Phi) is 6.82. The molecule has 1 heterocycles. The van der Waals surface area contributed by atoms with E-state index >= 15 is 0 Å². The Morgan fingerprint density at radius 3 is 2.72 bits per heavy atom. The van der Waals surface area contributed by atoms with Gasteiger partial charge in [-0.1, -0.05) is 11.6 Å². The van der Waals surface area contributed by atoms with E-state index in [-0.39, 0.29) is 18.2 Å². The van der Waals surface area contributed by atoms with Crippen molar-refractivity contribution in [1.29, 1.82) is 0 Å². The van der Waals surface area contributed by atoms with Crippen molar-refractivity contribution >= 4 is 11.9 Å². The first-order valence-electron chi connectivity index (χ1n) is 8.89. The molecule has 2 rings (SSSR count). The largest absolute Gasteiger partial charge is 0.451 e. The number of carbonyl (C=O) groups excluding carboxylic acids is 2. The van der Waals surface area contributed by atoms with E-state index in [0.717, 1.165) is 25.0 Å². The summed E-state index contributed by atoms with van der Waals surface area (Å²) in [7, 11) is 0. The molecule has 1 amide bonds. The molecule has 0 saturated carbocycles. The summed E-state index contributed by atoms with van der Waals surface area (Å²) in [6.45, 7) is 5.44. The highest BCUT2D eigenvalue weighted by atomic mass is 16.5. The van der Waals surface area contributed by atoms with Crippen LogP contribution < -0.4 is 5.32 Å². The molecule has 1 atom stereocenters. The Bertz CT molecular complexity index is 659. The number of aromatic nitrogens is 1. The van der Waals surface area contributed by atoms with E-state index in [1.165, 1.54) is 18.4 Å². The molecule has 0 aliphatic heterocycles. The van der Waals surface area contributed by atoms with Gasteiger partial charge in [0.1, 0.15) is 5.69 Å². The van der Waals surface area contributed by atoms with Crippen LogP contribution in [0.1, 0.15) is 72.4 Å². The zero-order valence-electron chi connectivity index (χ0n) is 15.3. The minimum atomic E-state index is -0.671. The highest BCUT2D eigenvalue weighted by Gasteiger charge is 2.21. The van der Waals surface area contributed by atoms with E-state index in [9.17, 15) is 14.7 Å². The predicted octanol–water partition coefficient (Wildman–Crippen LogP) is 2.85. The number of aromatic amines is 1. The minimum Gasteiger partial charge on any atom is -0.451 e. The van der Waals surface area contributed by atoms with Gasteiger partial charge < -0.3 is 20.1 Å². The summed E-state index contributed by atoms with van der Waals surface area (Å²) in [4.78, 5) is 26.9. The maximum absolute atomic E-state index is 12.2. The number of hydrogen-bond acceptors (Lipinski definition) is 4. The number of aryl methyl sites for hydroxylation is 1. The van der Waals surface area contributed by atoms with Crippen molar-refractivity contribution < 1.29 is 19.4 Å². The molecule has 1 aliphatic carbocycles. The van der Waals surface area contributed by atoms with E-state index in [0.29, 0.717) is 17.7 Å². The van der Waals surface area contributed by atoms with Crippen LogP contribution in [0.3, 0.4) is 0 Å². The van der Waals surface area contributed by atoms with Gasteiger partial charge in [-0.15, -0.1) is 0 Å². The number of esters is 1. The lowest BCUT2D eigenvalue weighted by Crippen LogP contribution is -2.30. The molecule has 0 aromatic carbocycles. The van der Waals surface area contributed by atoms with Gasteiger partial charge >= 0.3 is 5.97 Å². The normalized spacial score (nSPS) is 15.4. The average Bonchev–Trinajstić information content (AvgIpc) is 2.88. The Morgan fingerprint density at radius 2 is 2.12 bits per heavy atom. The van der Waals surface area contributed by atoms with Crippen LogP contribution in [0.15, 0.2) is 11.6 Å². The average molecular weight is 348 g/mol. The van der Waals surface area contributed by atoms with Gasteiger partial charge in [0.05, 0.1) is 6.10 Å². The van der Waals surface area contributed by atoms with Crippen LogP contribution in [0, 0.1) is 13.8 Å². The van der Waals surface area contributed by atoms with Crippen LogP contribution in [0.25, 0.3) is 0 Å². The smallest absolute Gasteiger partial charge is 0.355 e. The summed E-state index contributed by atoms with van der Waals surface area (Å²) in [6, 6.07) is 0. The Morgan fingerprint density at radius 1 is 1.36 bits per heavy atom. The number of aliphatic hydroxyl groups excluding tert-OH is 1. The van der Waals surface area contributed by atoms with Crippen LogP contribution >= 0.6 is 0 Å². The Balaban J connectivity index is 1.78. The van der Waals surface area contributed by atoms with Crippen molar-refractivity contribution in [3.63, 3.8) is 0 Å². The second-order valence-electron chi connectivity index (χ2n) is 6.62. The Hall–Kier alpha value is -2.08. The lowest BCUT2D eigenvalue weighted by atomic mass is 9.97. The van der Waals surface area contributed by atoms with Gasteiger partial charge in [-0.2, -0.15) is 0 Å². The van der Waals surface area contributed by atoms with Crippen LogP contribution in [0.5, 0.6) is 0 Å². The van der Waals surface area contributed by atoms with Crippen LogP contribution in [-0.2, 0) is 9.53 Å². The zero-order valence-corrected chi connectivity index (χ0v) is 15.3. The lowest BCUT2D eigenvalue weighted by Gasteiger charge is -2.13. The quantitative estimate of drug-likeness (QED) is 0.522. The maximum Gasteiger partial charge on any atom is 0.355 e. The molecule has 138 valence electrons. The minimum absolute atomic E-state index is 0.286. The molecular weight excluding hydrogens is 320 g/mol. The van der Waals surface area contributed by atoms with Gasteiger partial charge in [0.25, 0.3) is 5.91 Å². The number of carbonyl (C=O) groups is 2. The summed E-state index contributed by atoms with van der Waals surface area (Å²) >= 11 is 0. The highest BCUT2D eigenvalue weighted by Crippen LogP contribution is 2.24. The van der Waals surface area contributed by atoms with Crippen molar-refractivity contribution in [3.05, 3.63) is 34.2 Å². The zero-order chi connectivity index (χ0) is 18.4. The first-order chi connectivity index (χ1) is 11.9. The van der Waals surface area contributed by atoms with E-state index in [1.807, 2.05) is 0 Å². The molecule has 6 heteroatoms. The number of allylic oxidation sites excluding steroid dienone is 1. The van der Waals surface area contributed by atoms with Crippen molar-refractivity contribution in [2.75, 3.05) is 13.2 Å². The third kappa shape index (κ3) is 5.19. The molecule has 6 nitrogen and oxygen atoms in total. The second-order valence-corrected chi connectivity index (χ2v) is 6.62. The van der Waals surface area contributed by atoms with Crippen molar-refractivity contribution in [2.45, 2.75) is 59.0 Å². The fourth-order valence-electron chi connectivity index (χ4n) is 3.34. The summed E-state index contributed by atoms with van der Waals surface area (Å²) in [5, 5.41) is 12.5. The SMILES string of the molecule is Cc1[nH]c(C(=O)OCC(=O)NCCC2=CCCCC2)c(C)c1C(C)O. The maximum atomic E-state index is 12.2. The first-order valence-corrected chi connectivity index (χ1v) is 8.89. The summed E-state index contributed by atoms with van der Waals surface area (Å²) in [5.74, 6) is -0.890. The molecule has 25 heavy (non-hydrogen) atoms. The van der Waals surface area contributed by atoms with Gasteiger partial charge in [0.2, 0.25) is 0 Å². The molecule has 1 unspecified atom stereocenters. The molecule has 0 fully saturated rings. The van der Waals surface area contributed by atoms with Gasteiger partial charge in [-0.25, -0.2) is 4.79 Å². The fraction of sp³-hybridized carbons (Fsp3) is 0.579. The summed E-state index contributed by atoms with van der Waals surface area (Å²) in [6.07, 6.45) is 7.15. The fourth-order valence-corrected chi connectivity index (χ4v) is 3.34. The standard InChI is InChI=1S/C19H28N2O4/c1-12-17(14(3)22)13(2)21-18(12)19(24)25-11-16(23)20-10-9-15-7-5-4-6-8-15/h7,14,21-22H,4-6,8-11H2,1-3H3,(H,20,23). The third-order valence-electron chi connectivity index (χ3n) is 4.61. The molecule has 0 saturated heterocycles. The highest BCUT2D eigenvalue weighted by molar-refractivity contribution is 5.91. The molecule has 1 aliphatic rings. The van der Waals surface area contributed by atoms with Gasteiger partial charge in [0, 0.05) is 17.8 Å². The molecule has 1 aromatic rings. The summed E-state index contributed by atoms with van der Waals surface area (Å²) < 4.78 is 5.08. The van der Waals surface area contributed by atoms with E-state index in [4.69, 9.17) is 4.74 Å². The first kappa shape index (κ1) is 19.2. The number of H-pyrrole nitrogens is 1. The van der Waals surface area contributed by atoms with Crippen LogP contribution in [-0.4, -0.2) is 35.1 Å². The molecule has 0 spiro atoms. The molecular formula is C19H28N2O4. The van der Waals surface area contributed by atoms with E-state index in [2.05, 4.69) is 16.4 Å². The number of ether oxygens (including phenoxy) is 1. The number of hydrogen-bond donors (Lipinski definition) is 3. The van der Waals surface area contributed by atoms with Crippen LogP contribution in [0.2, 0.25) is 0 Å². The third-order valence-corrected chi connectivity index (χ3v) is 4.61. The van der Waals surface area contributed by atoms with Gasteiger partial charge in [-0.05, 0) is 58.4 Å².